The molecule has 0 bridgehead atoms. The van der Waals surface area contributed by atoms with Gasteiger partial charge in [0.05, 0.1) is 13.5 Å². The highest BCUT2D eigenvalue weighted by molar-refractivity contribution is 6.28. The lowest BCUT2D eigenvalue weighted by Crippen LogP contribution is -1.89. The molecule has 0 saturated heterocycles. The lowest BCUT2D eigenvalue weighted by atomic mass is 10.1. The smallest absolute Gasteiger partial charge is 0.263 e. The van der Waals surface area contributed by atoms with Gasteiger partial charge < -0.3 is 9.26 Å². The Morgan fingerprint density at radius 1 is 1.33 bits per heavy atom. The Balaban J connectivity index is 2.11. The molecule has 0 fully saturated rings. The van der Waals surface area contributed by atoms with E-state index in [1.807, 2.05) is 24.3 Å². The molecule has 0 spiro atoms. The normalized spacial score (nSPS) is 10.3. The molecule has 1 aromatic carbocycles. The number of hydrogen-bond donors (Lipinski definition) is 0. The van der Waals surface area contributed by atoms with Gasteiger partial charge in [0.1, 0.15) is 5.75 Å². The number of halogens is 1. The third-order valence-electron chi connectivity index (χ3n) is 1.96. The van der Waals surface area contributed by atoms with Crippen LogP contribution in [0.1, 0.15) is 11.5 Å². The van der Waals surface area contributed by atoms with Crippen molar-refractivity contribution in [3.05, 3.63) is 41.0 Å². The number of benzene rings is 1. The minimum Gasteiger partial charge on any atom is -0.497 e. The first-order chi connectivity index (χ1) is 7.28. The molecule has 1 heterocycles. The molecule has 1 aromatic heterocycles. The van der Waals surface area contributed by atoms with Crippen LogP contribution in [-0.4, -0.2) is 17.3 Å². The van der Waals surface area contributed by atoms with Gasteiger partial charge in [-0.05, 0) is 34.5 Å². The van der Waals surface area contributed by atoms with Crippen molar-refractivity contribution < 1.29 is 9.26 Å². The number of methoxy groups -OCH3 is 1. The lowest BCUT2D eigenvalue weighted by Gasteiger charge is -2.00. The average molecular weight is 225 g/mol. The molecule has 0 N–H and O–H groups in total. The monoisotopic (exact) mass is 224 g/mol. The first kappa shape index (κ1) is 9.98. The zero-order valence-corrected chi connectivity index (χ0v) is 8.86. The summed E-state index contributed by atoms with van der Waals surface area (Å²) in [4.78, 5) is 3.90. The molecule has 2 aromatic rings. The number of rotatable bonds is 3. The number of aromatic nitrogens is 2. The summed E-state index contributed by atoms with van der Waals surface area (Å²) in [5.41, 5.74) is 1.07. The molecule has 0 aliphatic rings. The maximum atomic E-state index is 5.54. The van der Waals surface area contributed by atoms with Crippen LogP contribution in [0.2, 0.25) is 5.28 Å². The molecule has 2 rings (SSSR count). The van der Waals surface area contributed by atoms with Crippen LogP contribution in [0.25, 0.3) is 0 Å². The van der Waals surface area contributed by atoms with Gasteiger partial charge in [0.15, 0.2) is 0 Å². The number of hydrogen-bond acceptors (Lipinski definition) is 4. The van der Waals surface area contributed by atoms with Crippen LogP contribution < -0.4 is 4.74 Å². The minimum absolute atomic E-state index is 0.138. The van der Waals surface area contributed by atoms with Gasteiger partial charge in [-0.3, -0.25) is 0 Å². The van der Waals surface area contributed by atoms with Gasteiger partial charge in [-0.25, -0.2) is 0 Å². The fourth-order valence-corrected chi connectivity index (χ4v) is 1.35. The second-order valence-corrected chi connectivity index (χ2v) is 3.32. The van der Waals surface area contributed by atoms with E-state index in [1.54, 1.807) is 7.11 Å². The summed E-state index contributed by atoms with van der Waals surface area (Å²) in [7, 11) is 1.63. The molecule has 5 heteroatoms. The quantitative estimate of drug-likeness (QED) is 0.803. The third kappa shape index (κ3) is 2.47. The summed E-state index contributed by atoms with van der Waals surface area (Å²) in [5.74, 6) is 1.33. The molecule has 78 valence electrons. The van der Waals surface area contributed by atoms with Crippen molar-refractivity contribution in [3.8, 4) is 5.75 Å². The molecule has 0 radical (unpaired) electrons. The summed E-state index contributed by atoms with van der Waals surface area (Å²) < 4.78 is 9.95. The van der Waals surface area contributed by atoms with Crippen molar-refractivity contribution in [1.82, 2.24) is 10.1 Å². The van der Waals surface area contributed by atoms with Crippen LogP contribution in [0.5, 0.6) is 5.75 Å². The van der Waals surface area contributed by atoms with E-state index in [0.717, 1.165) is 11.3 Å². The summed E-state index contributed by atoms with van der Waals surface area (Å²) in [5, 5.41) is 3.64. The standard InChI is InChI=1S/C10H9ClN2O2/c1-14-8-4-2-7(3-5-8)6-9-12-10(11)13-15-9/h2-5H,6H2,1H3. The van der Waals surface area contributed by atoms with Crippen LogP contribution >= 0.6 is 11.6 Å². The van der Waals surface area contributed by atoms with Crippen molar-refractivity contribution in [2.75, 3.05) is 7.11 Å². The Bertz CT molecular complexity index is 439. The minimum atomic E-state index is 0.138. The van der Waals surface area contributed by atoms with Gasteiger partial charge in [-0.15, -0.1) is 0 Å². The van der Waals surface area contributed by atoms with Gasteiger partial charge in [0, 0.05) is 0 Å². The van der Waals surface area contributed by atoms with E-state index >= 15 is 0 Å². The Morgan fingerprint density at radius 3 is 2.60 bits per heavy atom. The Hall–Kier alpha value is -1.55. The molecule has 0 aliphatic heterocycles. The Morgan fingerprint density at radius 2 is 2.07 bits per heavy atom. The molecule has 15 heavy (non-hydrogen) atoms. The fraction of sp³-hybridized carbons (Fsp3) is 0.200. The summed E-state index contributed by atoms with van der Waals surface area (Å²) in [6.45, 7) is 0. The molecule has 4 nitrogen and oxygen atoms in total. The van der Waals surface area contributed by atoms with Crippen LogP contribution in [0.4, 0.5) is 0 Å². The molecule has 0 atom stereocenters. The maximum absolute atomic E-state index is 5.54. The first-order valence-corrected chi connectivity index (χ1v) is 4.77. The second-order valence-electron chi connectivity index (χ2n) is 2.98. The maximum Gasteiger partial charge on any atom is 0.263 e. The molecular weight excluding hydrogens is 216 g/mol. The van der Waals surface area contributed by atoms with E-state index in [0.29, 0.717) is 12.3 Å². The van der Waals surface area contributed by atoms with Crippen molar-refractivity contribution >= 4 is 11.6 Å². The predicted octanol–water partition coefficient (Wildman–Crippen LogP) is 2.32. The average Bonchev–Trinajstić information content (AvgIpc) is 2.65. The zero-order chi connectivity index (χ0) is 10.7. The van der Waals surface area contributed by atoms with E-state index < -0.39 is 0 Å². The molecule has 0 unspecified atom stereocenters. The Labute approximate surface area is 91.8 Å². The third-order valence-corrected chi connectivity index (χ3v) is 2.11. The van der Waals surface area contributed by atoms with Gasteiger partial charge in [-0.1, -0.05) is 12.1 Å². The van der Waals surface area contributed by atoms with Gasteiger partial charge in [0.25, 0.3) is 5.28 Å². The van der Waals surface area contributed by atoms with E-state index in [2.05, 4.69) is 10.1 Å². The van der Waals surface area contributed by atoms with Crippen molar-refractivity contribution in [3.63, 3.8) is 0 Å². The molecular formula is C10H9ClN2O2. The highest BCUT2D eigenvalue weighted by Gasteiger charge is 2.04. The van der Waals surface area contributed by atoms with Gasteiger partial charge in [-0.2, -0.15) is 4.98 Å². The largest absolute Gasteiger partial charge is 0.497 e. The van der Waals surface area contributed by atoms with Gasteiger partial charge in [0.2, 0.25) is 5.89 Å². The lowest BCUT2D eigenvalue weighted by molar-refractivity contribution is 0.384. The number of nitrogens with zero attached hydrogens (tertiary/aromatic N) is 2. The number of ether oxygens (including phenoxy) is 1. The SMILES string of the molecule is COc1ccc(Cc2nc(Cl)no2)cc1. The van der Waals surface area contributed by atoms with Crippen LogP contribution in [-0.2, 0) is 6.42 Å². The highest BCUT2D eigenvalue weighted by Crippen LogP contribution is 2.14. The molecule has 0 amide bonds. The van der Waals surface area contributed by atoms with Crippen LogP contribution in [0.15, 0.2) is 28.8 Å². The summed E-state index contributed by atoms with van der Waals surface area (Å²) in [6.07, 6.45) is 0.573. The van der Waals surface area contributed by atoms with E-state index in [1.165, 1.54) is 0 Å². The van der Waals surface area contributed by atoms with Crippen molar-refractivity contribution in [2.45, 2.75) is 6.42 Å². The van der Waals surface area contributed by atoms with Gasteiger partial charge >= 0.3 is 0 Å². The molecule has 0 aliphatic carbocycles. The predicted molar refractivity (Wildman–Crippen MR) is 55.1 cm³/mol. The van der Waals surface area contributed by atoms with E-state index in [4.69, 9.17) is 20.9 Å². The van der Waals surface area contributed by atoms with Crippen molar-refractivity contribution in [2.24, 2.45) is 0 Å². The highest BCUT2D eigenvalue weighted by atomic mass is 35.5. The van der Waals surface area contributed by atoms with Crippen molar-refractivity contribution in [1.29, 1.82) is 0 Å². The van der Waals surface area contributed by atoms with E-state index in [9.17, 15) is 0 Å². The summed E-state index contributed by atoms with van der Waals surface area (Å²) >= 11 is 5.54. The first-order valence-electron chi connectivity index (χ1n) is 4.39. The van der Waals surface area contributed by atoms with Crippen LogP contribution in [0.3, 0.4) is 0 Å². The fourth-order valence-electron chi connectivity index (χ4n) is 1.22. The summed E-state index contributed by atoms with van der Waals surface area (Å²) in [6, 6.07) is 7.65. The zero-order valence-electron chi connectivity index (χ0n) is 8.11. The van der Waals surface area contributed by atoms with Crippen LogP contribution in [0, 0.1) is 0 Å². The Kier molecular flexibility index (Phi) is 2.87. The topological polar surface area (TPSA) is 48.2 Å². The second kappa shape index (κ2) is 4.31. The van der Waals surface area contributed by atoms with E-state index in [-0.39, 0.29) is 5.28 Å². The molecule has 0 saturated carbocycles.